The number of hydrogen-bond donors (Lipinski definition) is 3. The van der Waals surface area contributed by atoms with Crippen molar-refractivity contribution in [3.63, 3.8) is 0 Å². The van der Waals surface area contributed by atoms with Crippen LogP contribution in [0.4, 0.5) is 5.13 Å². The normalized spacial score (nSPS) is 18.2. The summed E-state index contributed by atoms with van der Waals surface area (Å²) in [4.78, 5) is 56.8. The second-order valence-electron chi connectivity index (χ2n) is 5.61. The third-order valence-electron chi connectivity index (χ3n) is 3.63. The number of anilines is 1. The minimum atomic E-state index is -5.17. The Morgan fingerprint density at radius 3 is 2.53 bits per heavy atom. The Morgan fingerprint density at radius 1 is 1.38 bits per heavy atom. The Hall–Kier alpha value is -2.31. The van der Waals surface area contributed by atoms with Crippen molar-refractivity contribution in [2.24, 2.45) is 5.16 Å². The van der Waals surface area contributed by atoms with Gasteiger partial charge in [-0.05, 0) is 6.92 Å². The van der Waals surface area contributed by atoms with E-state index in [4.69, 9.17) is 5.73 Å². The Labute approximate surface area is 207 Å². The number of esters is 2. The molecule has 2 atom stereocenters. The molecule has 15 nitrogen and oxygen atoms in total. The molecule has 1 aromatic rings. The molecular formula is C14H18N5NaO10S2. The Morgan fingerprint density at radius 2 is 2.03 bits per heavy atom. The second kappa shape index (κ2) is 11.5. The summed E-state index contributed by atoms with van der Waals surface area (Å²) in [5.41, 5.74) is 5.07. The summed E-state index contributed by atoms with van der Waals surface area (Å²) in [6.07, 6.45) is 0. The molecule has 2 unspecified atom stereocenters. The van der Waals surface area contributed by atoms with Gasteiger partial charge in [0.05, 0.1) is 6.61 Å². The molecule has 0 aliphatic carbocycles. The first-order valence-corrected chi connectivity index (χ1v) is 10.5. The number of amides is 2. The quantitative estimate of drug-likeness (QED) is 0.0768. The number of thiazole rings is 1. The molecule has 1 aliphatic rings. The molecule has 2 amide bonds. The number of aromatic nitrogens is 1. The zero-order chi connectivity index (χ0) is 23.3. The SMILES string of the molecule is CCOC(=O)COC(=O)C1C(NC(=O)/C(=N\OC)c2csc(N)n2)C(=O)N1S(=O)(=O)O.[NaH]. The summed E-state index contributed by atoms with van der Waals surface area (Å²) in [5, 5.41) is 7.05. The summed E-state index contributed by atoms with van der Waals surface area (Å²) in [6, 6.07) is -3.74. The predicted molar refractivity (Wildman–Crippen MR) is 109 cm³/mol. The summed E-state index contributed by atoms with van der Waals surface area (Å²) < 4.78 is 41.1. The van der Waals surface area contributed by atoms with Crippen molar-refractivity contribution < 1.29 is 46.5 Å². The molecular weight excluding hydrogens is 485 g/mol. The van der Waals surface area contributed by atoms with Crippen LogP contribution in [-0.4, -0.2) is 114 Å². The van der Waals surface area contributed by atoms with Crippen LogP contribution < -0.4 is 11.1 Å². The standard InChI is InChI=1S/C14H17N5O10S2.Na.H/c1-3-28-7(20)4-29-13(23)10-9(12(22)19(10)31(24,25)26)17-11(21)8(18-27-2)6-5-30-14(15)16-6;;/h5,9-10H,3-4H2,1-2H3,(H2,15,16)(H,17,21)(H,24,25,26);;/b18-8-;;. The van der Waals surface area contributed by atoms with Crippen LogP contribution in [0, 0.1) is 0 Å². The first-order valence-electron chi connectivity index (χ1n) is 8.27. The van der Waals surface area contributed by atoms with E-state index in [0.717, 1.165) is 18.4 Å². The first-order chi connectivity index (χ1) is 14.5. The molecule has 0 bridgehead atoms. The van der Waals surface area contributed by atoms with E-state index in [1.807, 2.05) is 0 Å². The number of rotatable bonds is 9. The molecule has 1 aromatic heterocycles. The molecule has 1 fully saturated rings. The van der Waals surface area contributed by atoms with Crippen molar-refractivity contribution in [3.05, 3.63) is 11.1 Å². The molecule has 0 aromatic carbocycles. The van der Waals surface area contributed by atoms with Crippen molar-refractivity contribution in [2.45, 2.75) is 19.0 Å². The van der Waals surface area contributed by atoms with Crippen LogP contribution in [0.15, 0.2) is 10.5 Å². The molecule has 2 rings (SSSR count). The number of nitrogens with two attached hydrogens (primary N) is 1. The Balaban J connectivity index is 0.00000512. The van der Waals surface area contributed by atoms with Crippen molar-refractivity contribution in [1.82, 2.24) is 14.6 Å². The maximum atomic E-state index is 12.6. The van der Waals surface area contributed by atoms with Crippen LogP contribution in [0.2, 0.25) is 0 Å². The van der Waals surface area contributed by atoms with E-state index < -0.39 is 58.5 Å². The van der Waals surface area contributed by atoms with Gasteiger partial charge in [0.25, 0.3) is 11.8 Å². The fourth-order valence-corrected chi connectivity index (χ4v) is 3.80. The van der Waals surface area contributed by atoms with Gasteiger partial charge in [-0.25, -0.2) is 14.6 Å². The number of β-lactam (4-membered cyclic amide) rings is 1. The van der Waals surface area contributed by atoms with Crippen molar-refractivity contribution in [1.29, 1.82) is 0 Å². The van der Waals surface area contributed by atoms with E-state index >= 15 is 0 Å². The van der Waals surface area contributed by atoms with Crippen LogP contribution in [0.25, 0.3) is 0 Å². The van der Waals surface area contributed by atoms with Crippen molar-refractivity contribution >= 4 is 85.8 Å². The van der Waals surface area contributed by atoms with Crippen molar-refractivity contribution in [2.75, 3.05) is 26.1 Å². The van der Waals surface area contributed by atoms with Crippen molar-refractivity contribution in [3.8, 4) is 0 Å². The van der Waals surface area contributed by atoms with Gasteiger partial charge in [0, 0.05) is 5.38 Å². The molecule has 0 saturated carbocycles. The number of nitrogens with zero attached hydrogens (tertiary/aromatic N) is 3. The van der Waals surface area contributed by atoms with Gasteiger partial charge < -0.3 is 25.4 Å². The molecule has 172 valence electrons. The number of oxime groups is 1. The average Bonchev–Trinajstić information content (AvgIpc) is 3.11. The van der Waals surface area contributed by atoms with Gasteiger partial charge in [0.1, 0.15) is 18.8 Å². The fraction of sp³-hybridized carbons (Fsp3) is 0.429. The van der Waals surface area contributed by atoms with E-state index in [1.165, 1.54) is 12.3 Å². The number of hydrogen-bond acceptors (Lipinski definition) is 13. The van der Waals surface area contributed by atoms with Gasteiger partial charge in [-0.3, -0.25) is 14.1 Å². The molecule has 18 heteroatoms. The van der Waals surface area contributed by atoms with E-state index in [9.17, 15) is 32.1 Å². The maximum absolute atomic E-state index is 12.6. The van der Waals surface area contributed by atoms with Gasteiger partial charge in [0.2, 0.25) is 0 Å². The van der Waals surface area contributed by atoms with Gasteiger partial charge in [-0.15, -0.1) is 11.3 Å². The fourth-order valence-electron chi connectivity index (χ4n) is 2.41. The molecule has 1 aliphatic heterocycles. The Bertz CT molecular complexity index is 1030. The first kappa shape index (κ1) is 27.7. The predicted octanol–water partition coefficient (Wildman–Crippen LogP) is -2.97. The molecule has 2 heterocycles. The van der Waals surface area contributed by atoms with Crippen LogP contribution in [0.1, 0.15) is 12.6 Å². The molecule has 0 radical (unpaired) electrons. The zero-order valence-corrected chi connectivity index (χ0v) is 17.6. The van der Waals surface area contributed by atoms with Crippen LogP contribution in [0.3, 0.4) is 0 Å². The van der Waals surface area contributed by atoms with Gasteiger partial charge >= 0.3 is 51.8 Å². The van der Waals surface area contributed by atoms with Gasteiger partial charge in [0.15, 0.2) is 23.5 Å². The zero-order valence-electron chi connectivity index (χ0n) is 16.0. The van der Waals surface area contributed by atoms with Crippen LogP contribution in [0.5, 0.6) is 0 Å². The van der Waals surface area contributed by atoms with E-state index in [-0.39, 0.29) is 51.3 Å². The number of nitrogen functional groups attached to an aromatic ring is 1. The second-order valence-corrected chi connectivity index (χ2v) is 7.79. The summed E-state index contributed by atoms with van der Waals surface area (Å²) >= 11 is 0.982. The van der Waals surface area contributed by atoms with Gasteiger partial charge in [-0.1, -0.05) is 5.16 Å². The number of nitrogens with one attached hydrogen (secondary N) is 1. The molecule has 0 spiro atoms. The van der Waals surface area contributed by atoms with Crippen LogP contribution in [-0.2, 0) is 43.8 Å². The number of carbonyl (C=O) groups is 4. The number of ether oxygens (including phenoxy) is 2. The molecule has 1 saturated heterocycles. The average molecular weight is 503 g/mol. The monoisotopic (exact) mass is 503 g/mol. The third kappa shape index (κ3) is 6.36. The molecule has 4 N–H and O–H groups in total. The van der Waals surface area contributed by atoms with Gasteiger partial charge in [-0.2, -0.15) is 12.7 Å². The minimum absolute atomic E-state index is 0. The third-order valence-corrected chi connectivity index (χ3v) is 5.21. The van der Waals surface area contributed by atoms with Crippen LogP contribution >= 0.6 is 11.3 Å². The topological polar surface area (TPSA) is 217 Å². The Kier molecular flexibility index (Phi) is 9.98. The number of carbonyl (C=O) groups excluding carboxylic acids is 4. The van der Waals surface area contributed by atoms with E-state index in [1.54, 1.807) is 0 Å². The summed E-state index contributed by atoms with van der Waals surface area (Å²) in [7, 11) is -4.04. The summed E-state index contributed by atoms with van der Waals surface area (Å²) in [5.74, 6) is -4.72. The molecule has 32 heavy (non-hydrogen) atoms. The summed E-state index contributed by atoms with van der Waals surface area (Å²) in [6.45, 7) is 0.619. The van der Waals surface area contributed by atoms with E-state index in [2.05, 4.69) is 29.8 Å². The van der Waals surface area contributed by atoms with E-state index in [0.29, 0.717) is 0 Å².